The maximum absolute atomic E-state index is 5.65. The Morgan fingerprint density at radius 2 is 1.00 bits per heavy atom. The molecule has 0 unspecified atom stereocenters. The van der Waals surface area contributed by atoms with E-state index in [1.54, 1.807) is 0 Å². The first-order valence-corrected chi connectivity index (χ1v) is 8.39. The lowest BCUT2D eigenvalue weighted by atomic mass is 9.99. The van der Waals surface area contributed by atoms with E-state index in [0.717, 1.165) is 25.2 Å². The number of benzene rings is 3. The monoisotopic (exact) mass is 316 g/mol. The van der Waals surface area contributed by atoms with Gasteiger partial charge in [0.25, 0.3) is 0 Å². The minimum atomic E-state index is -0.215. The number of hydrogen-bond acceptors (Lipinski definition) is 2. The Kier molecular flexibility index (Phi) is 4.41. The highest BCUT2D eigenvalue weighted by atomic mass is 16.7. The highest BCUT2D eigenvalue weighted by molar-refractivity contribution is 5.70. The Hall–Kier alpha value is -2.42. The molecule has 0 atom stereocenters. The van der Waals surface area contributed by atoms with Gasteiger partial charge in [0, 0.05) is 5.56 Å². The lowest BCUT2D eigenvalue weighted by Crippen LogP contribution is -2.17. The van der Waals surface area contributed by atoms with Gasteiger partial charge in [-0.15, -0.1) is 0 Å². The van der Waals surface area contributed by atoms with Gasteiger partial charge in [-0.05, 0) is 28.7 Å². The van der Waals surface area contributed by atoms with Crippen LogP contribution in [0.2, 0.25) is 0 Å². The molecule has 1 aliphatic heterocycles. The maximum Gasteiger partial charge on any atom is 0.183 e. The van der Waals surface area contributed by atoms with Crippen LogP contribution in [0.1, 0.15) is 18.3 Å². The smallest absolute Gasteiger partial charge is 0.183 e. The van der Waals surface area contributed by atoms with Gasteiger partial charge in [0.05, 0.1) is 13.2 Å². The zero-order chi connectivity index (χ0) is 16.2. The fraction of sp³-hybridized carbons (Fsp3) is 0.182. The number of hydrogen-bond donors (Lipinski definition) is 0. The number of rotatable bonds is 3. The summed E-state index contributed by atoms with van der Waals surface area (Å²) in [5.41, 5.74) is 5.98. The van der Waals surface area contributed by atoms with Gasteiger partial charge in [0.2, 0.25) is 0 Å². The van der Waals surface area contributed by atoms with Gasteiger partial charge in [0.15, 0.2) is 6.29 Å². The summed E-state index contributed by atoms with van der Waals surface area (Å²) in [4.78, 5) is 0. The van der Waals surface area contributed by atoms with E-state index in [4.69, 9.17) is 9.47 Å². The molecule has 2 heteroatoms. The average Bonchev–Trinajstić information content (AvgIpc) is 2.70. The van der Waals surface area contributed by atoms with Gasteiger partial charge in [-0.1, -0.05) is 78.9 Å². The highest BCUT2D eigenvalue weighted by Crippen LogP contribution is 2.28. The topological polar surface area (TPSA) is 18.5 Å². The fourth-order valence-corrected chi connectivity index (χ4v) is 3.00. The van der Waals surface area contributed by atoms with Crippen molar-refractivity contribution in [2.45, 2.75) is 12.7 Å². The van der Waals surface area contributed by atoms with E-state index < -0.39 is 0 Å². The van der Waals surface area contributed by atoms with Crippen LogP contribution < -0.4 is 0 Å². The Labute approximate surface area is 142 Å². The van der Waals surface area contributed by atoms with Gasteiger partial charge in [-0.25, -0.2) is 0 Å². The van der Waals surface area contributed by atoms with Crippen LogP contribution in [-0.2, 0) is 9.47 Å². The third-order valence-corrected chi connectivity index (χ3v) is 4.34. The van der Waals surface area contributed by atoms with Crippen LogP contribution in [0.3, 0.4) is 0 Å². The molecule has 0 amide bonds. The van der Waals surface area contributed by atoms with Crippen LogP contribution in [0, 0.1) is 0 Å². The maximum atomic E-state index is 5.65. The van der Waals surface area contributed by atoms with E-state index in [9.17, 15) is 0 Å². The van der Waals surface area contributed by atoms with Crippen LogP contribution >= 0.6 is 0 Å². The SMILES string of the molecule is c1ccc(-c2ccc(-c3ccc(C4OCCCO4)cc3)cc2)cc1. The van der Waals surface area contributed by atoms with E-state index >= 15 is 0 Å². The molecule has 0 bridgehead atoms. The molecule has 1 aliphatic rings. The summed E-state index contributed by atoms with van der Waals surface area (Å²) in [7, 11) is 0. The molecule has 3 aromatic rings. The predicted molar refractivity (Wildman–Crippen MR) is 96.6 cm³/mol. The first-order valence-electron chi connectivity index (χ1n) is 8.39. The van der Waals surface area contributed by atoms with Gasteiger partial charge in [-0.2, -0.15) is 0 Å². The van der Waals surface area contributed by atoms with Crippen molar-refractivity contribution < 1.29 is 9.47 Å². The summed E-state index contributed by atoms with van der Waals surface area (Å²) in [6.45, 7) is 1.54. The molecule has 0 saturated carbocycles. The number of ether oxygens (including phenoxy) is 2. The standard InChI is InChI=1S/C22H20O2/c1-2-5-17(6-3-1)18-7-9-19(10-8-18)20-11-13-21(14-12-20)22-23-15-4-16-24-22/h1-3,5-14,22H,4,15-16H2. The summed E-state index contributed by atoms with van der Waals surface area (Å²) >= 11 is 0. The molecule has 120 valence electrons. The molecule has 1 saturated heterocycles. The first-order chi connectivity index (χ1) is 11.9. The van der Waals surface area contributed by atoms with Crippen molar-refractivity contribution in [3.8, 4) is 22.3 Å². The molecule has 1 heterocycles. The Morgan fingerprint density at radius 3 is 1.54 bits per heavy atom. The molecule has 3 aromatic carbocycles. The summed E-state index contributed by atoms with van der Waals surface area (Å²) in [6.07, 6.45) is 0.760. The second-order valence-electron chi connectivity index (χ2n) is 5.99. The van der Waals surface area contributed by atoms with Crippen molar-refractivity contribution in [3.05, 3.63) is 84.4 Å². The summed E-state index contributed by atoms with van der Waals surface area (Å²) in [6, 6.07) is 27.6. The van der Waals surface area contributed by atoms with E-state index in [2.05, 4.69) is 72.8 Å². The van der Waals surface area contributed by atoms with Crippen molar-refractivity contribution in [1.82, 2.24) is 0 Å². The first kappa shape index (κ1) is 15.1. The van der Waals surface area contributed by atoms with E-state index in [-0.39, 0.29) is 6.29 Å². The van der Waals surface area contributed by atoms with Crippen molar-refractivity contribution in [1.29, 1.82) is 0 Å². The molecule has 0 radical (unpaired) electrons. The normalized spacial score (nSPS) is 15.3. The highest BCUT2D eigenvalue weighted by Gasteiger charge is 2.16. The molecule has 24 heavy (non-hydrogen) atoms. The molecular formula is C22H20O2. The Morgan fingerprint density at radius 1 is 0.542 bits per heavy atom. The van der Waals surface area contributed by atoms with Crippen LogP contribution in [-0.4, -0.2) is 13.2 Å². The van der Waals surface area contributed by atoms with Crippen molar-refractivity contribution in [2.24, 2.45) is 0 Å². The lowest BCUT2D eigenvalue weighted by Gasteiger charge is -2.23. The van der Waals surface area contributed by atoms with Gasteiger partial charge in [0.1, 0.15) is 0 Å². The van der Waals surface area contributed by atoms with Gasteiger partial charge in [-0.3, -0.25) is 0 Å². The second-order valence-corrected chi connectivity index (χ2v) is 5.99. The predicted octanol–water partition coefficient (Wildman–Crippen LogP) is 5.46. The largest absolute Gasteiger partial charge is 0.348 e. The van der Waals surface area contributed by atoms with Crippen molar-refractivity contribution in [3.63, 3.8) is 0 Å². The summed E-state index contributed by atoms with van der Waals surface area (Å²) in [5, 5.41) is 0. The quantitative estimate of drug-likeness (QED) is 0.639. The Balaban J connectivity index is 1.53. The molecule has 0 aromatic heterocycles. The van der Waals surface area contributed by atoms with Gasteiger partial charge >= 0.3 is 0 Å². The molecular weight excluding hydrogens is 296 g/mol. The molecule has 4 rings (SSSR count). The third-order valence-electron chi connectivity index (χ3n) is 4.34. The zero-order valence-corrected chi connectivity index (χ0v) is 13.5. The van der Waals surface area contributed by atoms with E-state index in [1.807, 2.05) is 6.07 Å². The van der Waals surface area contributed by atoms with Crippen molar-refractivity contribution >= 4 is 0 Å². The van der Waals surface area contributed by atoms with Crippen LogP contribution in [0.15, 0.2) is 78.9 Å². The average molecular weight is 316 g/mol. The molecule has 2 nitrogen and oxygen atoms in total. The molecule has 0 spiro atoms. The van der Waals surface area contributed by atoms with Crippen LogP contribution in [0.5, 0.6) is 0 Å². The van der Waals surface area contributed by atoms with Crippen molar-refractivity contribution in [2.75, 3.05) is 13.2 Å². The van der Waals surface area contributed by atoms with E-state index in [0.29, 0.717) is 0 Å². The zero-order valence-electron chi connectivity index (χ0n) is 13.5. The van der Waals surface area contributed by atoms with Gasteiger partial charge < -0.3 is 9.47 Å². The summed E-state index contributed by atoms with van der Waals surface area (Å²) < 4.78 is 11.3. The fourth-order valence-electron chi connectivity index (χ4n) is 3.00. The van der Waals surface area contributed by atoms with Crippen LogP contribution in [0.25, 0.3) is 22.3 Å². The second kappa shape index (κ2) is 7.00. The molecule has 1 fully saturated rings. The third kappa shape index (κ3) is 3.25. The minimum Gasteiger partial charge on any atom is -0.348 e. The Bertz CT molecular complexity index is 770. The molecule has 0 aliphatic carbocycles. The van der Waals surface area contributed by atoms with E-state index in [1.165, 1.54) is 22.3 Å². The molecule has 0 N–H and O–H groups in total. The summed E-state index contributed by atoms with van der Waals surface area (Å²) in [5.74, 6) is 0. The minimum absolute atomic E-state index is 0.215. The lowest BCUT2D eigenvalue weighted by molar-refractivity contribution is -0.183. The van der Waals surface area contributed by atoms with Crippen LogP contribution in [0.4, 0.5) is 0 Å².